The molecule has 0 N–H and O–H groups in total. The van der Waals surface area contributed by atoms with Crippen molar-refractivity contribution >= 4 is 21.9 Å². The molecule has 0 heterocycles. The fourth-order valence-electron chi connectivity index (χ4n) is 3.48. The van der Waals surface area contributed by atoms with E-state index in [1.165, 1.54) is 34.5 Å². The summed E-state index contributed by atoms with van der Waals surface area (Å²) in [5.74, 6) is 3.13. The Morgan fingerprint density at radius 1 is 0.957 bits per heavy atom. The average molecular weight is 347 g/mol. The van der Waals surface area contributed by atoms with Gasteiger partial charge in [0.1, 0.15) is 8.07 Å². The van der Waals surface area contributed by atoms with Gasteiger partial charge < -0.3 is 0 Å². The summed E-state index contributed by atoms with van der Waals surface area (Å²) < 4.78 is 0. The Hall–Kier alpha value is -0.856. The van der Waals surface area contributed by atoms with Gasteiger partial charge in [-0.2, -0.15) is 0 Å². The van der Waals surface area contributed by atoms with Crippen LogP contribution >= 0.6 is 0 Å². The number of ketones is 1. The summed E-state index contributed by atoms with van der Waals surface area (Å²) in [7, 11) is -3.03. The minimum absolute atomic E-state index is 0.113. The number of carbonyl (C=O) groups is 1. The number of Topliss-reactive ketones (excluding diaryl/α,β-unsaturated/α-hetero) is 1. The van der Waals surface area contributed by atoms with E-state index in [-0.39, 0.29) is 5.78 Å². The summed E-state index contributed by atoms with van der Waals surface area (Å²) in [4.78, 5) is 12.9. The van der Waals surface area contributed by atoms with Crippen LogP contribution in [0.2, 0.25) is 37.8 Å². The van der Waals surface area contributed by atoms with Gasteiger partial charge in [0.25, 0.3) is 0 Å². The van der Waals surface area contributed by atoms with Crippen LogP contribution in [-0.2, 0) is 4.79 Å². The highest BCUT2D eigenvalue weighted by atomic mass is 28.3. The van der Waals surface area contributed by atoms with Crippen molar-refractivity contribution in [3.05, 3.63) is 21.9 Å². The zero-order chi connectivity index (χ0) is 17.8. The lowest BCUT2D eigenvalue weighted by Crippen LogP contribution is -2.37. The van der Waals surface area contributed by atoms with Crippen LogP contribution in [0, 0.1) is 11.5 Å². The Balaban J connectivity index is 3.41. The van der Waals surface area contributed by atoms with Crippen LogP contribution in [0.5, 0.6) is 0 Å². The maximum atomic E-state index is 12.9. The molecule has 0 amide bonds. The Labute approximate surface area is 145 Å². The third-order valence-electron chi connectivity index (χ3n) is 5.47. The monoisotopic (exact) mass is 346 g/mol. The molecule has 0 aromatic heterocycles. The standard InChI is InChI=1S/C20H34OSi2/c1-9-23(10-2,11-3)20-15-17(5)16(4)14-18(20)19(21)12-13-22(6,7)8/h9-11,14-15H2,1-8H3. The van der Waals surface area contributed by atoms with E-state index in [2.05, 4.69) is 65.7 Å². The van der Waals surface area contributed by atoms with E-state index in [0.29, 0.717) is 0 Å². The highest BCUT2D eigenvalue weighted by Crippen LogP contribution is 2.40. The fraction of sp³-hybridized carbons (Fsp3) is 0.650. The third kappa shape index (κ3) is 4.81. The van der Waals surface area contributed by atoms with Crippen LogP contribution < -0.4 is 0 Å². The normalized spacial score (nSPS) is 16.3. The van der Waals surface area contributed by atoms with Crippen LogP contribution in [0.3, 0.4) is 0 Å². The lowest BCUT2D eigenvalue weighted by atomic mass is 9.91. The molecular formula is C20H34OSi2. The van der Waals surface area contributed by atoms with Gasteiger partial charge in [0.05, 0.1) is 8.07 Å². The minimum Gasteiger partial charge on any atom is -0.280 e. The predicted molar refractivity (Wildman–Crippen MR) is 108 cm³/mol. The second-order valence-corrected chi connectivity index (χ2v) is 18.1. The molecule has 0 radical (unpaired) electrons. The van der Waals surface area contributed by atoms with Gasteiger partial charge >= 0.3 is 0 Å². The van der Waals surface area contributed by atoms with Crippen molar-refractivity contribution in [3.8, 4) is 11.5 Å². The van der Waals surface area contributed by atoms with Crippen molar-refractivity contribution in [1.29, 1.82) is 0 Å². The lowest BCUT2D eigenvalue weighted by Gasteiger charge is -2.36. The van der Waals surface area contributed by atoms with E-state index in [1.54, 1.807) is 0 Å². The number of allylic oxidation sites excluding steroid dienone is 4. The zero-order valence-corrected chi connectivity index (χ0v) is 18.4. The molecule has 0 unspecified atom stereocenters. The molecule has 1 aliphatic rings. The van der Waals surface area contributed by atoms with Gasteiger partial charge in [-0.3, -0.25) is 4.79 Å². The van der Waals surface area contributed by atoms with Crippen molar-refractivity contribution in [2.75, 3.05) is 0 Å². The molecule has 1 nitrogen and oxygen atoms in total. The molecule has 3 heteroatoms. The van der Waals surface area contributed by atoms with E-state index < -0.39 is 16.1 Å². The predicted octanol–water partition coefficient (Wildman–Crippen LogP) is 5.91. The van der Waals surface area contributed by atoms with Gasteiger partial charge in [-0.1, -0.05) is 74.9 Å². The summed E-state index contributed by atoms with van der Waals surface area (Å²) in [5.41, 5.74) is 7.19. The molecule has 0 aromatic rings. The second kappa shape index (κ2) is 7.81. The van der Waals surface area contributed by atoms with E-state index in [4.69, 9.17) is 0 Å². The van der Waals surface area contributed by atoms with Gasteiger partial charge in [0.2, 0.25) is 5.78 Å². The number of carbonyl (C=O) groups excluding carboxylic acids is 1. The highest BCUT2D eigenvalue weighted by molar-refractivity contribution is 6.87. The molecule has 0 saturated heterocycles. The average Bonchev–Trinajstić information content (AvgIpc) is 2.49. The van der Waals surface area contributed by atoms with Crippen LogP contribution in [-0.4, -0.2) is 21.9 Å². The van der Waals surface area contributed by atoms with Crippen LogP contribution in [0.1, 0.15) is 47.5 Å². The van der Waals surface area contributed by atoms with Crippen molar-refractivity contribution in [2.45, 2.75) is 85.2 Å². The second-order valence-electron chi connectivity index (χ2n) is 8.04. The molecule has 0 bridgehead atoms. The largest absolute Gasteiger partial charge is 0.280 e. The number of hydrogen-bond donors (Lipinski definition) is 0. The third-order valence-corrected chi connectivity index (χ3v) is 12.2. The molecule has 128 valence electrons. The Morgan fingerprint density at radius 2 is 1.43 bits per heavy atom. The van der Waals surface area contributed by atoms with E-state index >= 15 is 0 Å². The first kappa shape index (κ1) is 20.2. The molecule has 1 aliphatic carbocycles. The van der Waals surface area contributed by atoms with Crippen LogP contribution in [0.4, 0.5) is 0 Å². The van der Waals surface area contributed by atoms with Crippen molar-refractivity contribution in [3.63, 3.8) is 0 Å². The van der Waals surface area contributed by atoms with Crippen molar-refractivity contribution in [1.82, 2.24) is 0 Å². The van der Waals surface area contributed by atoms with Crippen molar-refractivity contribution < 1.29 is 4.79 Å². The van der Waals surface area contributed by atoms with E-state index in [9.17, 15) is 4.79 Å². The topological polar surface area (TPSA) is 17.1 Å². The first-order chi connectivity index (χ1) is 10.6. The zero-order valence-electron chi connectivity index (χ0n) is 16.4. The van der Waals surface area contributed by atoms with Crippen LogP contribution in [0.15, 0.2) is 21.9 Å². The SMILES string of the molecule is CC[Si](CC)(CC)C1=C(C(=O)C#C[Si](C)(C)C)CC(C)=C(C)C1. The Kier molecular flexibility index (Phi) is 6.86. The molecular weight excluding hydrogens is 312 g/mol. The summed E-state index contributed by atoms with van der Waals surface area (Å²) in [6.45, 7) is 18.0. The molecule has 1 rings (SSSR count). The number of rotatable bonds is 5. The molecule has 0 aliphatic heterocycles. The molecule has 23 heavy (non-hydrogen) atoms. The maximum Gasteiger partial charge on any atom is 0.231 e. The Bertz CT molecular complexity index is 579. The lowest BCUT2D eigenvalue weighted by molar-refractivity contribution is -0.110. The maximum absolute atomic E-state index is 12.9. The summed E-state index contributed by atoms with van der Waals surface area (Å²) in [6.07, 6.45) is 1.85. The molecule has 0 saturated carbocycles. The van der Waals surface area contributed by atoms with Crippen LogP contribution in [0.25, 0.3) is 0 Å². The minimum atomic E-state index is -1.52. The van der Waals surface area contributed by atoms with E-state index in [1.807, 2.05) is 0 Å². The molecule has 0 spiro atoms. The quantitative estimate of drug-likeness (QED) is 0.343. The summed E-state index contributed by atoms with van der Waals surface area (Å²) in [6, 6.07) is 3.71. The molecule has 0 fully saturated rings. The molecule has 0 atom stereocenters. The van der Waals surface area contributed by atoms with Gasteiger partial charge in [0, 0.05) is 5.57 Å². The van der Waals surface area contributed by atoms with Gasteiger partial charge in [-0.25, -0.2) is 0 Å². The first-order valence-corrected chi connectivity index (χ1v) is 15.2. The van der Waals surface area contributed by atoms with E-state index in [0.717, 1.165) is 18.4 Å². The van der Waals surface area contributed by atoms with Gasteiger partial charge in [-0.05, 0) is 32.6 Å². The van der Waals surface area contributed by atoms with Gasteiger partial charge in [-0.15, -0.1) is 5.54 Å². The summed E-state index contributed by atoms with van der Waals surface area (Å²) >= 11 is 0. The highest BCUT2D eigenvalue weighted by Gasteiger charge is 2.36. The first-order valence-electron chi connectivity index (χ1n) is 9.05. The summed E-state index contributed by atoms with van der Waals surface area (Å²) in [5, 5.41) is 1.52. The fourth-order valence-corrected chi connectivity index (χ4v) is 8.23. The van der Waals surface area contributed by atoms with Gasteiger partial charge in [0.15, 0.2) is 0 Å². The Morgan fingerprint density at radius 3 is 1.87 bits per heavy atom. The smallest absolute Gasteiger partial charge is 0.231 e. The number of hydrogen-bond acceptors (Lipinski definition) is 1. The molecule has 0 aromatic carbocycles. The van der Waals surface area contributed by atoms with Crippen molar-refractivity contribution in [2.24, 2.45) is 0 Å².